The lowest BCUT2D eigenvalue weighted by atomic mass is 10.1. The molecule has 0 atom stereocenters. The predicted molar refractivity (Wildman–Crippen MR) is 100 cm³/mol. The molecular formula is C15H14F3N3O3S3. The number of alkyl halides is 3. The smallest absolute Gasteiger partial charge is 0.351 e. The minimum absolute atomic E-state index is 0.152. The number of hydrogen-bond acceptors (Lipinski definition) is 6. The van der Waals surface area contributed by atoms with Gasteiger partial charge >= 0.3 is 5.51 Å². The zero-order chi connectivity index (χ0) is 19.7. The average molecular weight is 437 g/mol. The van der Waals surface area contributed by atoms with Crippen LogP contribution in [-0.2, 0) is 14.8 Å². The maximum absolute atomic E-state index is 12.5. The fourth-order valence-corrected chi connectivity index (χ4v) is 5.24. The highest BCUT2D eigenvalue weighted by molar-refractivity contribution is 8.19. The van der Waals surface area contributed by atoms with E-state index in [1.165, 1.54) is 0 Å². The minimum Gasteiger partial charge on any atom is -0.351 e. The molecule has 0 unspecified atom stereocenters. The van der Waals surface area contributed by atoms with Crippen molar-refractivity contribution in [2.75, 3.05) is 24.6 Å². The molecular weight excluding hydrogens is 423 g/mol. The second kappa shape index (κ2) is 7.76. The molecule has 27 heavy (non-hydrogen) atoms. The Balaban J connectivity index is 1.84. The number of carbonyl (C=O) groups is 1. The van der Waals surface area contributed by atoms with Crippen molar-refractivity contribution >= 4 is 50.3 Å². The second-order valence-electron chi connectivity index (χ2n) is 5.51. The van der Waals surface area contributed by atoms with Gasteiger partial charge in [-0.2, -0.15) is 13.2 Å². The Hall–Kier alpha value is -1.66. The number of hydrogen-bond donors (Lipinski definition) is 1. The van der Waals surface area contributed by atoms with Gasteiger partial charge in [-0.3, -0.25) is 4.79 Å². The highest BCUT2D eigenvalue weighted by atomic mass is 32.2. The van der Waals surface area contributed by atoms with E-state index in [1.807, 2.05) is 0 Å². The summed E-state index contributed by atoms with van der Waals surface area (Å²) in [5.41, 5.74) is -3.15. The molecule has 0 saturated carbocycles. The number of halogens is 3. The predicted octanol–water partition coefficient (Wildman–Crippen LogP) is 2.47. The van der Waals surface area contributed by atoms with E-state index in [1.54, 1.807) is 35.2 Å². The SMILES string of the molecule is O=C(NCCSC(F)(F)F)C1=C(c2ccccc2)N2CCS(=O)(=O)N=C2S1. The van der Waals surface area contributed by atoms with E-state index in [2.05, 4.69) is 9.71 Å². The van der Waals surface area contributed by atoms with Gasteiger partial charge < -0.3 is 10.2 Å². The Morgan fingerprint density at radius 3 is 2.67 bits per heavy atom. The molecule has 0 aromatic heterocycles. The van der Waals surface area contributed by atoms with E-state index in [0.29, 0.717) is 11.3 Å². The van der Waals surface area contributed by atoms with E-state index < -0.39 is 21.4 Å². The molecule has 2 aliphatic heterocycles. The monoisotopic (exact) mass is 437 g/mol. The molecule has 2 heterocycles. The lowest BCUT2D eigenvalue weighted by molar-refractivity contribution is -0.116. The van der Waals surface area contributed by atoms with Crippen molar-refractivity contribution in [3.8, 4) is 0 Å². The van der Waals surface area contributed by atoms with E-state index in [9.17, 15) is 26.4 Å². The average Bonchev–Trinajstić information content (AvgIpc) is 2.95. The number of fused-ring (bicyclic) bond motifs is 1. The normalized spacial score (nSPS) is 18.9. The topological polar surface area (TPSA) is 78.8 Å². The summed E-state index contributed by atoms with van der Waals surface area (Å²) in [6.45, 7) is -0.0149. The number of amidine groups is 1. The number of nitrogens with one attached hydrogen (secondary N) is 1. The molecule has 0 bridgehead atoms. The van der Waals surface area contributed by atoms with Gasteiger partial charge in [-0.1, -0.05) is 30.3 Å². The van der Waals surface area contributed by atoms with Gasteiger partial charge in [0, 0.05) is 18.8 Å². The van der Waals surface area contributed by atoms with Gasteiger partial charge in [0.25, 0.3) is 15.9 Å². The van der Waals surface area contributed by atoms with Crippen LogP contribution in [0.3, 0.4) is 0 Å². The lowest BCUT2D eigenvalue weighted by Crippen LogP contribution is -2.34. The van der Waals surface area contributed by atoms with Gasteiger partial charge in [0.2, 0.25) is 0 Å². The maximum atomic E-state index is 12.5. The van der Waals surface area contributed by atoms with E-state index in [-0.39, 0.29) is 46.4 Å². The van der Waals surface area contributed by atoms with Crippen LogP contribution in [-0.4, -0.2) is 54.5 Å². The summed E-state index contributed by atoms with van der Waals surface area (Å²) in [4.78, 5) is 14.4. The van der Waals surface area contributed by atoms with Crippen LogP contribution in [0.2, 0.25) is 0 Å². The van der Waals surface area contributed by atoms with Crippen LogP contribution in [0.5, 0.6) is 0 Å². The first-order valence-corrected chi connectivity index (χ1v) is 11.1. The van der Waals surface area contributed by atoms with Crippen molar-refractivity contribution in [1.29, 1.82) is 0 Å². The molecule has 0 spiro atoms. The quantitative estimate of drug-likeness (QED) is 0.713. The van der Waals surface area contributed by atoms with Gasteiger partial charge in [-0.05, 0) is 29.1 Å². The van der Waals surface area contributed by atoms with Crippen LogP contribution in [0.4, 0.5) is 13.2 Å². The van der Waals surface area contributed by atoms with Gasteiger partial charge in [0.1, 0.15) is 4.91 Å². The molecule has 0 fully saturated rings. The molecule has 1 amide bonds. The number of sulfonamides is 1. The second-order valence-corrected chi connectivity index (χ2v) is 9.40. The summed E-state index contributed by atoms with van der Waals surface area (Å²) in [7, 11) is -3.59. The number of amides is 1. The molecule has 1 aromatic carbocycles. The van der Waals surface area contributed by atoms with Crippen molar-refractivity contribution in [2.24, 2.45) is 4.40 Å². The number of carbonyl (C=O) groups excluding carboxylic acids is 1. The minimum atomic E-state index is -4.36. The third-order valence-corrected chi connectivity index (χ3v) is 6.68. The fraction of sp³-hybridized carbons (Fsp3) is 0.333. The van der Waals surface area contributed by atoms with Gasteiger partial charge in [-0.15, -0.1) is 4.40 Å². The summed E-state index contributed by atoms with van der Waals surface area (Å²) in [5.74, 6) is -1.05. The highest BCUT2D eigenvalue weighted by Crippen LogP contribution is 2.41. The summed E-state index contributed by atoms with van der Waals surface area (Å²) in [6, 6.07) is 8.90. The van der Waals surface area contributed by atoms with Crippen molar-refractivity contribution in [3.63, 3.8) is 0 Å². The maximum Gasteiger partial charge on any atom is 0.441 e. The Labute approximate surface area is 162 Å². The standard InChI is InChI=1S/C15H14F3N3O3S3/c16-15(17,18)25-8-6-19-13(22)12-11(10-4-2-1-3-5-10)21-7-9-27(23,24)20-14(21)26-12/h1-5H,6-9H2,(H,19,22). The third-order valence-electron chi connectivity index (χ3n) is 3.61. The Bertz CT molecular complexity index is 899. The Morgan fingerprint density at radius 2 is 2.00 bits per heavy atom. The zero-order valence-corrected chi connectivity index (χ0v) is 16.1. The van der Waals surface area contributed by atoms with Crippen LogP contribution in [0.25, 0.3) is 5.70 Å². The van der Waals surface area contributed by atoms with Crippen LogP contribution in [0.1, 0.15) is 5.56 Å². The largest absolute Gasteiger partial charge is 0.441 e. The first-order chi connectivity index (χ1) is 12.7. The zero-order valence-electron chi connectivity index (χ0n) is 13.7. The van der Waals surface area contributed by atoms with Gasteiger partial charge in [0.15, 0.2) is 5.17 Å². The molecule has 1 N–H and O–H groups in total. The summed E-state index contributed by atoms with van der Waals surface area (Å²) < 4.78 is 63.8. The molecule has 0 radical (unpaired) electrons. The third kappa shape index (κ3) is 4.99. The van der Waals surface area contributed by atoms with Crippen molar-refractivity contribution in [1.82, 2.24) is 10.2 Å². The first kappa shape index (κ1) is 20.1. The van der Waals surface area contributed by atoms with Crippen LogP contribution >= 0.6 is 23.5 Å². The number of thioether (sulfide) groups is 2. The fourth-order valence-electron chi connectivity index (χ4n) is 2.51. The molecule has 0 saturated heterocycles. The van der Waals surface area contributed by atoms with E-state index >= 15 is 0 Å². The molecule has 146 valence electrons. The highest BCUT2D eigenvalue weighted by Gasteiger charge is 2.38. The summed E-state index contributed by atoms with van der Waals surface area (Å²) in [5, 5.41) is 2.63. The van der Waals surface area contributed by atoms with Gasteiger partial charge in [0.05, 0.1) is 11.4 Å². The molecule has 1 aromatic rings. The van der Waals surface area contributed by atoms with Crippen molar-refractivity contribution < 1.29 is 26.4 Å². The summed E-state index contributed by atoms with van der Waals surface area (Å²) in [6.07, 6.45) is 0. The summed E-state index contributed by atoms with van der Waals surface area (Å²) >= 11 is 0.691. The van der Waals surface area contributed by atoms with Crippen molar-refractivity contribution in [3.05, 3.63) is 40.8 Å². The number of benzene rings is 1. The molecule has 0 aliphatic carbocycles. The molecule has 6 nitrogen and oxygen atoms in total. The van der Waals surface area contributed by atoms with E-state index in [0.717, 1.165) is 11.8 Å². The number of nitrogens with zero attached hydrogens (tertiary/aromatic N) is 2. The first-order valence-electron chi connectivity index (χ1n) is 7.73. The van der Waals surface area contributed by atoms with Gasteiger partial charge in [-0.25, -0.2) is 8.42 Å². The Morgan fingerprint density at radius 1 is 1.30 bits per heavy atom. The van der Waals surface area contributed by atoms with E-state index in [4.69, 9.17) is 0 Å². The van der Waals surface area contributed by atoms with Crippen LogP contribution < -0.4 is 5.32 Å². The molecule has 3 rings (SSSR count). The van der Waals surface area contributed by atoms with Crippen LogP contribution in [0.15, 0.2) is 39.6 Å². The number of rotatable bonds is 5. The van der Waals surface area contributed by atoms with Crippen LogP contribution in [0, 0.1) is 0 Å². The molecule has 2 aliphatic rings. The van der Waals surface area contributed by atoms with Crippen molar-refractivity contribution in [2.45, 2.75) is 5.51 Å². The lowest BCUT2D eigenvalue weighted by Gasteiger charge is -2.25. The Kier molecular flexibility index (Phi) is 5.77. The molecule has 12 heteroatoms.